The first-order valence-electron chi connectivity index (χ1n) is 8.82. The predicted octanol–water partition coefficient (Wildman–Crippen LogP) is 2.17. The Morgan fingerprint density at radius 1 is 1.46 bits per heavy atom. The summed E-state index contributed by atoms with van der Waals surface area (Å²) in [5.41, 5.74) is 1.34. The predicted molar refractivity (Wildman–Crippen MR) is 95.3 cm³/mol. The van der Waals surface area contributed by atoms with Crippen LogP contribution in [-0.2, 0) is 4.79 Å². The van der Waals surface area contributed by atoms with E-state index in [1.165, 1.54) is 5.56 Å². The lowest BCUT2D eigenvalue weighted by atomic mass is 10.1. The normalized spacial score (nSPS) is 19.2. The number of carbonyl (C=O) groups excluding carboxylic acids is 1. The summed E-state index contributed by atoms with van der Waals surface area (Å²) in [7, 11) is 0. The molecule has 1 N–H and O–H groups in total. The van der Waals surface area contributed by atoms with Crippen LogP contribution in [-0.4, -0.2) is 54.5 Å². The lowest BCUT2D eigenvalue weighted by Crippen LogP contribution is -2.44. The molecule has 5 heteroatoms. The Morgan fingerprint density at radius 3 is 2.88 bits per heavy atom. The molecule has 1 aliphatic rings. The zero-order valence-corrected chi connectivity index (χ0v) is 14.7. The molecule has 0 bridgehead atoms. The highest BCUT2D eigenvalue weighted by atomic mass is 16.2. The van der Waals surface area contributed by atoms with Crippen molar-refractivity contribution in [3.63, 3.8) is 0 Å². The van der Waals surface area contributed by atoms with Crippen molar-refractivity contribution in [3.8, 4) is 6.07 Å². The number of amides is 1. The zero-order chi connectivity index (χ0) is 17.4. The van der Waals surface area contributed by atoms with Gasteiger partial charge in [0.2, 0.25) is 5.91 Å². The third-order valence-corrected chi connectivity index (χ3v) is 4.85. The highest BCUT2D eigenvalue weighted by Gasteiger charge is 2.30. The summed E-state index contributed by atoms with van der Waals surface area (Å²) in [5, 5.41) is 11.4. The summed E-state index contributed by atoms with van der Waals surface area (Å²) in [5.74, 6) is 0.0154. The van der Waals surface area contributed by atoms with E-state index < -0.39 is 0 Å². The van der Waals surface area contributed by atoms with Crippen LogP contribution in [0.2, 0.25) is 0 Å². The lowest BCUT2D eigenvalue weighted by Gasteiger charge is -2.29. The van der Waals surface area contributed by atoms with Crippen molar-refractivity contribution in [2.75, 3.05) is 32.7 Å². The highest BCUT2D eigenvalue weighted by Crippen LogP contribution is 2.26. The van der Waals surface area contributed by atoms with Gasteiger partial charge in [0, 0.05) is 31.7 Å². The van der Waals surface area contributed by atoms with Gasteiger partial charge in [-0.05, 0) is 25.5 Å². The fourth-order valence-corrected chi connectivity index (χ4v) is 3.36. The standard InChI is InChI=1S/C19H28N4O/c1-3-22(15-19(24)21-12-7-11-20)18-10-13-23(14-18)16(2)17-8-5-4-6-9-17/h4-6,8-9,16,18H,3,7,10,12-15H2,1-2H3,(H,21,24)/t16-,18-/m0/s1. The molecule has 130 valence electrons. The first-order valence-corrected chi connectivity index (χ1v) is 8.82. The van der Waals surface area contributed by atoms with E-state index in [1.807, 2.05) is 12.1 Å². The monoisotopic (exact) mass is 328 g/mol. The third-order valence-electron chi connectivity index (χ3n) is 4.85. The van der Waals surface area contributed by atoms with Crippen LogP contribution in [0.1, 0.15) is 38.3 Å². The summed E-state index contributed by atoms with van der Waals surface area (Å²) < 4.78 is 0. The van der Waals surface area contributed by atoms with Gasteiger partial charge in [0.25, 0.3) is 0 Å². The Labute approximate surface area is 145 Å². The number of nitrogens with one attached hydrogen (secondary N) is 1. The Kier molecular flexibility index (Phi) is 7.23. The van der Waals surface area contributed by atoms with E-state index in [0.29, 0.717) is 31.6 Å². The Bertz CT molecular complexity index is 554. The molecule has 1 fully saturated rings. The molecule has 1 aromatic rings. The number of likely N-dealkylation sites (N-methyl/N-ethyl adjacent to an activating group) is 1. The first-order chi connectivity index (χ1) is 11.7. The molecular weight excluding hydrogens is 300 g/mol. The Hall–Kier alpha value is -1.90. The largest absolute Gasteiger partial charge is 0.354 e. The summed E-state index contributed by atoms with van der Waals surface area (Å²) in [6, 6.07) is 13.4. The van der Waals surface area contributed by atoms with E-state index in [0.717, 1.165) is 26.1 Å². The average Bonchev–Trinajstić information content (AvgIpc) is 3.10. The molecule has 0 saturated carbocycles. The second kappa shape index (κ2) is 9.41. The van der Waals surface area contributed by atoms with Crippen LogP contribution in [0.5, 0.6) is 0 Å². The molecule has 1 aliphatic heterocycles. The number of benzene rings is 1. The van der Waals surface area contributed by atoms with Crippen LogP contribution in [0.15, 0.2) is 30.3 Å². The van der Waals surface area contributed by atoms with Gasteiger partial charge in [-0.15, -0.1) is 0 Å². The molecule has 0 unspecified atom stereocenters. The fourth-order valence-electron chi connectivity index (χ4n) is 3.36. The SMILES string of the molecule is CCN(CC(=O)NCCC#N)[C@H]1CCN([C@@H](C)c2ccccc2)C1. The maximum Gasteiger partial charge on any atom is 0.234 e. The second-order valence-corrected chi connectivity index (χ2v) is 6.35. The summed E-state index contributed by atoms with van der Waals surface area (Å²) >= 11 is 0. The number of carbonyl (C=O) groups is 1. The molecule has 1 aromatic carbocycles. The number of rotatable bonds is 8. The number of nitrogens with zero attached hydrogens (tertiary/aromatic N) is 3. The second-order valence-electron chi connectivity index (χ2n) is 6.35. The summed E-state index contributed by atoms with van der Waals surface area (Å²) in [6.07, 6.45) is 1.46. The van der Waals surface area contributed by atoms with E-state index in [4.69, 9.17) is 5.26 Å². The number of nitriles is 1. The molecule has 0 spiro atoms. The number of likely N-dealkylation sites (tertiary alicyclic amines) is 1. The maximum atomic E-state index is 12.0. The third kappa shape index (κ3) is 5.05. The van der Waals surface area contributed by atoms with Gasteiger partial charge in [0.15, 0.2) is 0 Å². The van der Waals surface area contributed by atoms with Crippen LogP contribution in [0.25, 0.3) is 0 Å². The number of hydrogen-bond acceptors (Lipinski definition) is 4. The van der Waals surface area contributed by atoms with Crippen molar-refractivity contribution in [2.45, 2.75) is 38.8 Å². The van der Waals surface area contributed by atoms with Crippen molar-refractivity contribution < 1.29 is 4.79 Å². The van der Waals surface area contributed by atoms with Crippen LogP contribution in [0, 0.1) is 11.3 Å². The van der Waals surface area contributed by atoms with Gasteiger partial charge in [0.1, 0.15) is 0 Å². The van der Waals surface area contributed by atoms with Crippen LogP contribution in [0.4, 0.5) is 0 Å². The van der Waals surface area contributed by atoms with Crippen molar-refractivity contribution >= 4 is 5.91 Å². The van der Waals surface area contributed by atoms with E-state index in [1.54, 1.807) is 0 Å². The zero-order valence-electron chi connectivity index (χ0n) is 14.7. The van der Waals surface area contributed by atoms with Crippen LogP contribution < -0.4 is 5.32 Å². The topological polar surface area (TPSA) is 59.4 Å². The van der Waals surface area contributed by atoms with E-state index in [9.17, 15) is 4.79 Å². The van der Waals surface area contributed by atoms with Gasteiger partial charge in [-0.1, -0.05) is 37.3 Å². The van der Waals surface area contributed by atoms with E-state index >= 15 is 0 Å². The molecule has 1 heterocycles. The molecule has 2 atom stereocenters. The molecule has 5 nitrogen and oxygen atoms in total. The Balaban J connectivity index is 1.86. The minimum Gasteiger partial charge on any atom is -0.354 e. The molecule has 24 heavy (non-hydrogen) atoms. The van der Waals surface area contributed by atoms with Gasteiger partial charge in [-0.25, -0.2) is 0 Å². The van der Waals surface area contributed by atoms with Gasteiger partial charge >= 0.3 is 0 Å². The summed E-state index contributed by atoms with van der Waals surface area (Å²) in [6.45, 7) is 8.13. The maximum absolute atomic E-state index is 12.0. The quantitative estimate of drug-likeness (QED) is 0.743. The van der Waals surface area contributed by atoms with Gasteiger partial charge in [-0.3, -0.25) is 14.6 Å². The molecular formula is C19H28N4O. The van der Waals surface area contributed by atoms with Crippen molar-refractivity contribution in [1.29, 1.82) is 5.26 Å². The van der Waals surface area contributed by atoms with Crippen LogP contribution >= 0.6 is 0 Å². The van der Waals surface area contributed by atoms with Crippen LogP contribution in [0.3, 0.4) is 0 Å². The van der Waals surface area contributed by atoms with Crippen molar-refractivity contribution in [3.05, 3.63) is 35.9 Å². The van der Waals surface area contributed by atoms with E-state index in [2.05, 4.69) is 53.2 Å². The molecule has 1 saturated heterocycles. The molecule has 0 aromatic heterocycles. The minimum absolute atomic E-state index is 0.0154. The summed E-state index contributed by atoms with van der Waals surface area (Å²) in [4.78, 5) is 16.8. The van der Waals surface area contributed by atoms with Crippen molar-refractivity contribution in [1.82, 2.24) is 15.1 Å². The molecule has 2 rings (SSSR count). The van der Waals surface area contributed by atoms with Gasteiger partial charge in [-0.2, -0.15) is 5.26 Å². The van der Waals surface area contributed by atoms with E-state index in [-0.39, 0.29) is 5.91 Å². The smallest absolute Gasteiger partial charge is 0.234 e. The first kappa shape index (κ1) is 18.4. The number of hydrogen-bond donors (Lipinski definition) is 1. The Morgan fingerprint density at radius 2 is 2.21 bits per heavy atom. The highest BCUT2D eigenvalue weighted by molar-refractivity contribution is 5.78. The average molecular weight is 328 g/mol. The lowest BCUT2D eigenvalue weighted by molar-refractivity contribution is -0.122. The molecule has 0 radical (unpaired) electrons. The molecule has 0 aliphatic carbocycles. The van der Waals surface area contributed by atoms with Crippen molar-refractivity contribution in [2.24, 2.45) is 0 Å². The molecule has 1 amide bonds. The minimum atomic E-state index is 0.0154. The van der Waals surface area contributed by atoms with Gasteiger partial charge < -0.3 is 5.32 Å². The van der Waals surface area contributed by atoms with Gasteiger partial charge in [0.05, 0.1) is 19.0 Å². The fraction of sp³-hybridized carbons (Fsp3) is 0.579.